The maximum atomic E-state index is 2.23. The first kappa shape index (κ1) is 11.5. The molecule has 1 aliphatic carbocycles. The van der Waals surface area contributed by atoms with Gasteiger partial charge in [0.1, 0.15) is 0 Å². The van der Waals surface area contributed by atoms with Gasteiger partial charge in [-0.2, -0.15) is 0 Å². The summed E-state index contributed by atoms with van der Waals surface area (Å²) in [6.07, 6.45) is 1.07. The molecule has 2 aromatic carbocycles. The van der Waals surface area contributed by atoms with Crippen LogP contribution in [0, 0.1) is 5.92 Å². The summed E-state index contributed by atoms with van der Waals surface area (Å²) in [5.41, 5.74) is 5.73. The molecule has 0 atom stereocenters. The standard InChI is InChI=1S/C15H13.W/c1-11-14-8-4-2-6-12(14)10-13-7-3-5-9-15(11)13;/h2-9H,10H2,1H3;/q-1;. The van der Waals surface area contributed by atoms with Crippen LogP contribution in [0.3, 0.4) is 0 Å². The SMILES string of the molecule is C[C-]1c2ccccc2Cc2ccccc21.[W]. The summed E-state index contributed by atoms with van der Waals surface area (Å²) >= 11 is 0. The molecule has 16 heavy (non-hydrogen) atoms. The first-order chi connectivity index (χ1) is 7.36. The average molecular weight is 377 g/mol. The molecular formula is C15H13W-. The van der Waals surface area contributed by atoms with E-state index in [9.17, 15) is 0 Å². The number of hydrogen-bond donors (Lipinski definition) is 0. The fourth-order valence-electron chi connectivity index (χ4n) is 2.43. The van der Waals surface area contributed by atoms with Crippen molar-refractivity contribution < 1.29 is 21.1 Å². The maximum absolute atomic E-state index is 2.23. The molecule has 80 valence electrons. The summed E-state index contributed by atoms with van der Waals surface area (Å²) in [6.45, 7) is 2.22. The van der Waals surface area contributed by atoms with Crippen LogP contribution in [0.1, 0.15) is 29.2 Å². The monoisotopic (exact) mass is 377 g/mol. The van der Waals surface area contributed by atoms with E-state index >= 15 is 0 Å². The summed E-state index contributed by atoms with van der Waals surface area (Å²) in [6, 6.07) is 17.4. The molecule has 2 aromatic rings. The largest absolute Gasteiger partial charge is 0.118 e. The minimum atomic E-state index is 0. The van der Waals surface area contributed by atoms with E-state index in [0.29, 0.717) is 0 Å². The molecular weight excluding hydrogens is 364 g/mol. The zero-order valence-electron chi connectivity index (χ0n) is 9.23. The van der Waals surface area contributed by atoms with Gasteiger partial charge in [-0.05, 0) is 0 Å². The number of fused-ring (bicyclic) bond motifs is 2. The fraction of sp³-hybridized carbons (Fsp3) is 0.133. The van der Waals surface area contributed by atoms with Gasteiger partial charge in [0.2, 0.25) is 0 Å². The zero-order chi connectivity index (χ0) is 10.3. The molecule has 0 fully saturated rings. The van der Waals surface area contributed by atoms with Crippen molar-refractivity contribution >= 4 is 0 Å². The summed E-state index contributed by atoms with van der Waals surface area (Å²) in [4.78, 5) is 0. The Kier molecular flexibility index (Phi) is 3.21. The smallest absolute Gasteiger partial charge is 0 e. The Balaban J connectivity index is 0.000000963. The number of rotatable bonds is 0. The molecule has 0 nitrogen and oxygen atoms in total. The van der Waals surface area contributed by atoms with Crippen LogP contribution in [0.5, 0.6) is 0 Å². The maximum Gasteiger partial charge on any atom is 0 e. The Morgan fingerprint density at radius 3 is 1.75 bits per heavy atom. The molecule has 0 amide bonds. The van der Waals surface area contributed by atoms with Crippen LogP contribution in [-0.4, -0.2) is 0 Å². The van der Waals surface area contributed by atoms with Gasteiger partial charge in [-0.1, -0.05) is 49.7 Å². The third-order valence-corrected chi connectivity index (χ3v) is 3.22. The van der Waals surface area contributed by atoms with Crippen molar-refractivity contribution in [2.24, 2.45) is 0 Å². The molecule has 0 N–H and O–H groups in total. The average Bonchev–Trinajstić information content (AvgIpc) is 2.30. The van der Waals surface area contributed by atoms with E-state index in [2.05, 4.69) is 55.5 Å². The first-order valence-electron chi connectivity index (χ1n) is 5.36. The Hall–Kier alpha value is -1.00. The van der Waals surface area contributed by atoms with Crippen molar-refractivity contribution in [3.63, 3.8) is 0 Å². The molecule has 0 saturated heterocycles. The van der Waals surface area contributed by atoms with Gasteiger partial charge in [-0.25, -0.2) is 0 Å². The molecule has 0 unspecified atom stereocenters. The van der Waals surface area contributed by atoms with Gasteiger partial charge in [-0.15, -0.1) is 40.3 Å². The van der Waals surface area contributed by atoms with E-state index in [1.165, 1.54) is 28.2 Å². The van der Waals surface area contributed by atoms with Gasteiger partial charge in [-0.3, -0.25) is 0 Å². The minimum absolute atomic E-state index is 0. The van der Waals surface area contributed by atoms with Crippen molar-refractivity contribution in [1.82, 2.24) is 0 Å². The third kappa shape index (κ3) is 1.72. The Bertz CT molecular complexity index is 457. The van der Waals surface area contributed by atoms with Crippen molar-refractivity contribution in [2.75, 3.05) is 0 Å². The van der Waals surface area contributed by atoms with Crippen LogP contribution in [0.15, 0.2) is 48.5 Å². The Labute approximate surface area is 111 Å². The number of benzene rings is 2. The van der Waals surface area contributed by atoms with Crippen LogP contribution in [0.2, 0.25) is 0 Å². The van der Waals surface area contributed by atoms with E-state index in [1.54, 1.807) is 0 Å². The van der Waals surface area contributed by atoms with Gasteiger partial charge in [0.15, 0.2) is 0 Å². The van der Waals surface area contributed by atoms with Gasteiger partial charge in [0.05, 0.1) is 0 Å². The second-order valence-corrected chi connectivity index (χ2v) is 4.12. The van der Waals surface area contributed by atoms with Crippen molar-refractivity contribution in [2.45, 2.75) is 13.3 Å². The van der Waals surface area contributed by atoms with E-state index in [1.807, 2.05) is 0 Å². The van der Waals surface area contributed by atoms with Gasteiger partial charge in [0, 0.05) is 21.1 Å². The molecule has 0 bridgehead atoms. The molecule has 0 aliphatic heterocycles. The molecule has 0 heterocycles. The molecule has 0 saturated carbocycles. The summed E-state index contributed by atoms with van der Waals surface area (Å²) < 4.78 is 0. The van der Waals surface area contributed by atoms with Crippen LogP contribution in [0.4, 0.5) is 0 Å². The first-order valence-corrected chi connectivity index (χ1v) is 5.36. The van der Waals surface area contributed by atoms with Gasteiger partial charge >= 0.3 is 0 Å². The van der Waals surface area contributed by atoms with Crippen molar-refractivity contribution in [1.29, 1.82) is 0 Å². The molecule has 1 heteroatoms. The predicted molar refractivity (Wildman–Crippen MR) is 62.8 cm³/mol. The van der Waals surface area contributed by atoms with E-state index in [0.717, 1.165) is 6.42 Å². The topological polar surface area (TPSA) is 0 Å². The predicted octanol–water partition coefficient (Wildman–Crippen LogP) is 3.58. The second-order valence-electron chi connectivity index (χ2n) is 4.12. The Morgan fingerprint density at radius 2 is 1.25 bits per heavy atom. The van der Waals surface area contributed by atoms with Crippen LogP contribution in [-0.2, 0) is 27.5 Å². The van der Waals surface area contributed by atoms with E-state index < -0.39 is 0 Å². The molecule has 0 aromatic heterocycles. The molecule has 0 radical (unpaired) electrons. The third-order valence-electron chi connectivity index (χ3n) is 3.22. The number of hydrogen-bond acceptors (Lipinski definition) is 0. The normalized spacial score (nSPS) is 12.4. The van der Waals surface area contributed by atoms with Crippen LogP contribution in [0.25, 0.3) is 0 Å². The van der Waals surface area contributed by atoms with Gasteiger partial charge in [0.25, 0.3) is 0 Å². The summed E-state index contributed by atoms with van der Waals surface area (Å²) in [5.74, 6) is 1.41. The molecule has 1 aliphatic rings. The van der Waals surface area contributed by atoms with Crippen LogP contribution < -0.4 is 0 Å². The minimum Gasteiger partial charge on any atom is -0.118 e. The quantitative estimate of drug-likeness (QED) is 0.616. The van der Waals surface area contributed by atoms with Crippen LogP contribution >= 0.6 is 0 Å². The van der Waals surface area contributed by atoms with E-state index in [-0.39, 0.29) is 21.1 Å². The molecule has 3 rings (SSSR count). The van der Waals surface area contributed by atoms with E-state index in [4.69, 9.17) is 0 Å². The van der Waals surface area contributed by atoms with Gasteiger partial charge < -0.3 is 0 Å². The van der Waals surface area contributed by atoms with Crippen molar-refractivity contribution in [3.05, 3.63) is 76.7 Å². The fourth-order valence-corrected chi connectivity index (χ4v) is 2.43. The second kappa shape index (κ2) is 4.47. The Morgan fingerprint density at radius 1 is 0.812 bits per heavy atom. The van der Waals surface area contributed by atoms with Crippen molar-refractivity contribution in [3.8, 4) is 0 Å². The summed E-state index contributed by atoms with van der Waals surface area (Å²) in [7, 11) is 0. The summed E-state index contributed by atoms with van der Waals surface area (Å²) in [5, 5.41) is 0. The zero-order valence-corrected chi connectivity index (χ0v) is 12.2. The molecule has 0 spiro atoms.